The van der Waals surface area contributed by atoms with Crippen LogP contribution in [0.3, 0.4) is 0 Å². The molecule has 0 unspecified atom stereocenters. The average molecular weight is 325 g/mol. The highest BCUT2D eigenvalue weighted by Gasteiger charge is 2.29. The topological polar surface area (TPSA) is 66.4 Å². The van der Waals surface area contributed by atoms with Crippen molar-refractivity contribution in [1.82, 2.24) is 5.32 Å². The Kier molecular flexibility index (Phi) is 5.82. The number of amides is 1. The molecule has 0 aliphatic heterocycles. The lowest BCUT2D eigenvalue weighted by Crippen LogP contribution is -2.44. The first-order chi connectivity index (χ1) is 10.9. The summed E-state index contributed by atoms with van der Waals surface area (Å²) < 4.78 is 26.3. The van der Waals surface area contributed by atoms with Crippen LogP contribution in [0.4, 0.5) is 8.78 Å². The summed E-state index contributed by atoms with van der Waals surface area (Å²) in [6.07, 6.45) is 4.04. The van der Waals surface area contributed by atoms with Gasteiger partial charge in [-0.25, -0.2) is 8.78 Å². The van der Waals surface area contributed by atoms with Gasteiger partial charge in [0.25, 0.3) is 0 Å². The standard InChI is InChI=1S/C17H21F2NO3/c18-12-4-5-13(14(19)10-12)15(21)6-7-16(22)20-11-17(23)8-2-1-3-9-17/h4-5,10,23H,1-3,6-9,11H2,(H,20,22). The van der Waals surface area contributed by atoms with Crippen LogP contribution in [0.25, 0.3) is 0 Å². The second kappa shape index (κ2) is 7.64. The number of halogens is 2. The maximum atomic E-state index is 13.5. The van der Waals surface area contributed by atoms with Gasteiger partial charge < -0.3 is 10.4 Å². The highest BCUT2D eigenvalue weighted by Crippen LogP contribution is 2.27. The van der Waals surface area contributed by atoms with Crippen LogP contribution in [-0.2, 0) is 4.79 Å². The molecular weight excluding hydrogens is 304 g/mol. The Morgan fingerprint density at radius 1 is 1.13 bits per heavy atom. The third-order valence-electron chi connectivity index (χ3n) is 4.21. The van der Waals surface area contributed by atoms with Gasteiger partial charge in [0, 0.05) is 25.5 Å². The van der Waals surface area contributed by atoms with E-state index in [1.807, 2.05) is 0 Å². The van der Waals surface area contributed by atoms with E-state index in [0.29, 0.717) is 18.9 Å². The molecule has 0 heterocycles. The lowest BCUT2D eigenvalue weighted by Gasteiger charge is -2.32. The van der Waals surface area contributed by atoms with Crippen LogP contribution in [0.5, 0.6) is 0 Å². The smallest absolute Gasteiger partial charge is 0.220 e. The van der Waals surface area contributed by atoms with E-state index >= 15 is 0 Å². The number of benzene rings is 1. The lowest BCUT2D eigenvalue weighted by molar-refractivity contribution is -0.122. The number of ketones is 1. The first-order valence-electron chi connectivity index (χ1n) is 7.87. The van der Waals surface area contributed by atoms with Crippen LogP contribution in [0.2, 0.25) is 0 Å². The lowest BCUT2D eigenvalue weighted by atomic mass is 9.85. The van der Waals surface area contributed by atoms with Gasteiger partial charge in [-0.1, -0.05) is 19.3 Å². The van der Waals surface area contributed by atoms with E-state index in [4.69, 9.17) is 0 Å². The monoisotopic (exact) mass is 325 g/mol. The summed E-state index contributed by atoms with van der Waals surface area (Å²) in [5, 5.41) is 12.9. The SMILES string of the molecule is O=C(CCC(=O)c1ccc(F)cc1F)NCC1(O)CCCCC1. The minimum Gasteiger partial charge on any atom is -0.388 e. The van der Waals surface area contributed by atoms with E-state index in [0.717, 1.165) is 31.4 Å². The summed E-state index contributed by atoms with van der Waals surface area (Å²) in [5.74, 6) is -2.58. The van der Waals surface area contributed by atoms with Gasteiger partial charge in [-0.05, 0) is 25.0 Å². The Morgan fingerprint density at radius 2 is 1.83 bits per heavy atom. The summed E-state index contributed by atoms with van der Waals surface area (Å²) >= 11 is 0. The van der Waals surface area contributed by atoms with Gasteiger partial charge in [0.15, 0.2) is 5.78 Å². The van der Waals surface area contributed by atoms with Crippen molar-refractivity contribution >= 4 is 11.7 Å². The maximum absolute atomic E-state index is 13.5. The summed E-state index contributed by atoms with van der Waals surface area (Å²) in [6, 6.07) is 2.73. The molecule has 1 aromatic carbocycles. The third-order valence-corrected chi connectivity index (χ3v) is 4.21. The number of carbonyl (C=O) groups is 2. The largest absolute Gasteiger partial charge is 0.388 e. The Morgan fingerprint density at radius 3 is 2.48 bits per heavy atom. The molecule has 23 heavy (non-hydrogen) atoms. The number of rotatable bonds is 6. The Balaban J connectivity index is 1.78. The summed E-state index contributed by atoms with van der Waals surface area (Å²) in [5.41, 5.74) is -1.08. The Bertz CT molecular complexity index is 583. The van der Waals surface area contributed by atoms with Gasteiger partial charge in [-0.3, -0.25) is 9.59 Å². The van der Waals surface area contributed by atoms with Crippen molar-refractivity contribution in [3.05, 3.63) is 35.4 Å². The predicted octanol–water partition coefficient (Wildman–Crippen LogP) is 2.74. The number of carbonyl (C=O) groups excluding carboxylic acids is 2. The predicted molar refractivity (Wildman–Crippen MR) is 81.0 cm³/mol. The van der Waals surface area contributed by atoms with E-state index in [9.17, 15) is 23.5 Å². The van der Waals surface area contributed by atoms with E-state index in [-0.39, 0.29) is 30.9 Å². The maximum Gasteiger partial charge on any atom is 0.220 e. The second-order valence-corrected chi connectivity index (χ2v) is 6.11. The van der Waals surface area contributed by atoms with Gasteiger partial charge in [0.2, 0.25) is 5.91 Å². The van der Waals surface area contributed by atoms with E-state index in [1.165, 1.54) is 0 Å². The molecule has 0 bridgehead atoms. The zero-order valence-corrected chi connectivity index (χ0v) is 12.9. The fourth-order valence-corrected chi connectivity index (χ4v) is 2.82. The highest BCUT2D eigenvalue weighted by atomic mass is 19.1. The average Bonchev–Trinajstić information content (AvgIpc) is 2.51. The summed E-state index contributed by atoms with van der Waals surface area (Å²) in [6.45, 7) is 0.172. The van der Waals surface area contributed by atoms with Gasteiger partial charge in [0.1, 0.15) is 11.6 Å². The molecule has 1 amide bonds. The molecule has 1 aliphatic rings. The van der Waals surface area contributed by atoms with Crippen molar-refractivity contribution in [1.29, 1.82) is 0 Å². The van der Waals surface area contributed by atoms with Crippen molar-refractivity contribution in [3.8, 4) is 0 Å². The van der Waals surface area contributed by atoms with Crippen molar-refractivity contribution in [3.63, 3.8) is 0 Å². The Hall–Kier alpha value is -1.82. The number of hydrogen-bond donors (Lipinski definition) is 2. The first kappa shape index (κ1) is 17.5. The van der Waals surface area contributed by atoms with Crippen LogP contribution >= 0.6 is 0 Å². The molecule has 6 heteroatoms. The van der Waals surface area contributed by atoms with Crippen LogP contribution in [0.1, 0.15) is 55.3 Å². The molecule has 0 aromatic heterocycles. The molecule has 126 valence electrons. The summed E-state index contributed by atoms with van der Waals surface area (Å²) in [4.78, 5) is 23.6. The molecule has 0 saturated heterocycles. The van der Waals surface area contributed by atoms with Gasteiger partial charge in [-0.2, -0.15) is 0 Å². The first-order valence-corrected chi connectivity index (χ1v) is 7.87. The van der Waals surface area contributed by atoms with Crippen LogP contribution < -0.4 is 5.32 Å². The third kappa shape index (κ3) is 5.10. The van der Waals surface area contributed by atoms with Crippen LogP contribution in [0.15, 0.2) is 18.2 Å². The molecule has 0 radical (unpaired) electrons. The van der Waals surface area contributed by atoms with Crippen molar-refractivity contribution < 1.29 is 23.5 Å². The van der Waals surface area contributed by atoms with Crippen LogP contribution in [0, 0.1) is 11.6 Å². The normalized spacial score (nSPS) is 16.8. The fourth-order valence-electron chi connectivity index (χ4n) is 2.82. The fraction of sp³-hybridized carbons (Fsp3) is 0.529. The molecular formula is C17H21F2NO3. The zero-order valence-electron chi connectivity index (χ0n) is 12.9. The van der Waals surface area contributed by atoms with Crippen molar-refractivity contribution in [2.75, 3.05) is 6.54 Å². The molecule has 0 spiro atoms. The quantitative estimate of drug-likeness (QED) is 0.790. The Labute approximate surface area is 133 Å². The van der Waals surface area contributed by atoms with E-state index in [1.54, 1.807) is 0 Å². The van der Waals surface area contributed by atoms with Gasteiger partial charge in [-0.15, -0.1) is 0 Å². The minimum atomic E-state index is -0.924. The van der Waals surface area contributed by atoms with Gasteiger partial charge in [0.05, 0.1) is 11.2 Å². The zero-order chi connectivity index (χ0) is 16.9. The summed E-state index contributed by atoms with van der Waals surface area (Å²) in [7, 11) is 0. The molecule has 1 fully saturated rings. The molecule has 2 N–H and O–H groups in total. The second-order valence-electron chi connectivity index (χ2n) is 6.11. The van der Waals surface area contributed by atoms with Crippen LogP contribution in [-0.4, -0.2) is 28.9 Å². The highest BCUT2D eigenvalue weighted by molar-refractivity contribution is 5.98. The number of nitrogens with one attached hydrogen (secondary N) is 1. The van der Waals surface area contributed by atoms with E-state index in [2.05, 4.69) is 5.32 Å². The molecule has 1 aliphatic carbocycles. The molecule has 4 nitrogen and oxygen atoms in total. The molecule has 2 rings (SSSR count). The number of aliphatic hydroxyl groups is 1. The van der Waals surface area contributed by atoms with E-state index < -0.39 is 23.0 Å². The molecule has 0 atom stereocenters. The van der Waals surface area contributed by atoms with Crippen molar-refractivity contribution in [2.24, 2.45) is 0 Å². The van der Waals surface area contributed by atoms with Crippen molar-refractivity contribution in [2.45, 2.75) is 50.5 Å². The minimum absolute atomic E-state index is 0.0915. The van der Waals surface area contributed by atoms with Gasteiger partial charge >= 0.3 is 0 Å². The molecule has 1 saturated carbocycles. The molecule has 1 aromatic rings. The number of hydrogen-bond acceptors (Lipinski definition) is 3. The number of Topliss-reactive ketones (excluding diaryl/α,β-unsaturated/α-hetero) is 1.